The number of carbonyl (C=O) groups excluding carboxylic acids is 2. The van der Waals surface area contributed by atoms with Gasteiger partial charge in [-0.25, -0.2) is 0 Å². The van der Waals surface area contributed by atoms with Gasteiger partial charge in [0.25, 0.3) is 11.1 Å². The lowest BCUT2D eigenvalue weighted by molar-refractivity contribution is -0.123. The summed E-state index contributed by atoms with van der Waals surface area (Å²) in [5, 5.41) is 0.376. The normalized spacial score (nSPS) is 14.9. The molecule has 1 aliphatic heterocycles. The molecule has 0 aromatic heterocycles. The minimum absolute atomic E-state index is 0.0527. The van der Waals surface area contributed by atoms with Crippen LogP contribution in [0.1, 0.15) is 18.1 Å². The first-order valence-electron chi connectivity index (χ1n) is 10.7. The van der Waals surface area contributed by atoms with Crippen molar-refractivity contribution in [3.8, 4) is 11.5 Å². The van der Waals surface area contributed by atoms with Crippen LogP contribution in [-0.2, 0) is 21.5 Å². The summed E-state index contributed by atoms with van der Waals surface area (Å²) >= 11 is 19.0. The third-order valence-corrected chi connectivity index (χ3v) is 7.94. The van der Waals surface area contributed by atoms with Gasteiger partial charge in [-0.2, -0.15) is 8.42 Å². The van der Waals surface area contributed by atoms with E-state index in [-0.39, 0.29) is 39.5 Å². The zero-order valence-corrected chi connectivity index (χ0v) is 23.0. The minimum Gasteiger partial charge on any atom is -0.490 e. The fourth-order valence-electron chi connectivity index (χ4n) is 3.38. The van der Waals surface area contributed by atoms with Crippen LogP contribution >= 0.6 is 46.6 Å². The first-order valence-corrected chi connectivity index (χ1v) is 14.1. The molecule has 0 aliphatic carbocycles. The fourth-order valence-corrected chi connectivity index (χ4v) is 5.82. The van der Waals surface area contributed by atoms with Crippen LogP contribution in [0.4, 0.5) is 4.79 Å². The molecular formula is C25H18Cl3NO6S2. The largest absolute Gasteiger partial charge is 0.490 e. The third kappa shape index (κ3) is 6.42. The summed E-state index contributed by atoms with van der Waals surface area (Å²) in [6, 6.07) is 15.2. The van der Waals surface area contributed by atoms with E-state index >= 15 is 0 Å². The highest BCUT2D eigenvalue weighted by molar-refractivity contribution is 8.18. The van der Waals surface area contributed by atoms with E-state index in [9.17, 15) is 18.0 Å². The van der Waals surface area contributed by atoms with E-state index < -0.39 is 21.3 Å². The molecule has 0 saturated carbocycles. The monoisotopic (exact) mass is 597 g/mol. The second-order valence-electron chi connectivity index (χ2n) is 7.65. The number of halogens is 3. The second kappa shape index (κ2) is 11.4. The number of rotatable bonds is 8. The molecule has 0 spiro atoms. The lowest BCUT2D eigenvalue weighted by Gasteiger charge is -2.14. The van der Waals surface area contributed by atoms with Gasteiger partial charge >= 0.3 is 10.1 Å². The van der Waals surface area contributed by atoms with Crippen LogP contribution in [0.15, 0.2) is 70.5 Å². The standard InChI is InChI=1S/C25H18Cl3NO6S2/c1-2-34-21-12-16(11-20(28)23(21)35-37(32,33)19-8-6-17(26)7-9-19)13-22-24(30)29(25(31)36-22)14-15-4-3-5-18(27)10-15/h3-13H,2,14H2,1H3/b22-13-. The van der Waals surface area contributed by atoms with Crippen LogP contribution in [0.3, 0.4) is 0 Å². The van der Waals surface area contributed by atoms with Gasteiger partial charge in [-0.1, -0.05) is 46.9 Å². The van der Waals surface area contributed by atoms with E-state index in [0.29, 0.717) is 21.2 Å². The average Bonchev–Trinajstić information content (AvgIpc) is 3.09. The molecule has 3 aromatic carbocycles. The van der Waals surface area contributed by atoms with Crippen LogP contribution in [-0.4, -0.2) is 31.1 Å². The highest BCUT2D eigenvalue weighted by Gasteiger charge is 2.35. The van der Waals surface area contributed by atoms with Gasteiger partial charge in [0.05, 0.1) is 23.1 Å². The SMILES string of the molecule is CCOc1cc(/C=C2\SC(=O)N(Cc3cccc(Cl)c3)C2=O)cc(Cl)c1OS(=O)(=O)c1ccc(Cl)cc1. The minimum atomic E-state index is -4.24. The maximum absolute atomic E-state index is 12.9. The summed E-state index contributed by atoms with van der Waals surface area (Å²) in [5.41, 5.74) is 1.12. The van der Waals surface area contributed by atoms with Crippen LogP contribution < -0.4 is 8.92 Å². The number of thioether (sulfide) groups is 1. The molecule has 37 heavy (non-hydrogen) atoms. The first-order chi connectivity index (χ1) is 17.6. The van der Waals surface area contributed by atoms with Gasteiger partial charge in [-0.15, -0.1) is 0 Å². The molecule has 192 valence electrons. The number of imide groups is 1. The van der Waals surface area contributed by atoms with Gasteiger partial charge in [0.1, 0.15) is 4.90 Å². The van der Waals surface area contributed by atoms with Crippen molar-refractivity contribution >= 4 is 73.9 Å². The molecule has 0 atom stereocenters. The van der Waals surface area contributed by atoms with Crippen LogP contribution in [0.5, 0.6) is 11.5 Å². The second-order valence-corrected chi connectivity index (χ2v) is 11.5. The molecule has 4 rings (SSSR count). The van der Waals surface area contributed by atoms with Crippen molar-refractivity contribution in [2.24, 2.45) is 0 Å². The Kier molecular flexibility index (Phi) is 8.40. The van der Waals surface area contributed by atoms with Gasteiger partial charge in [0.2, 0.25) is 5.75 Å². The Balaban J connectivity index is 1.62. The van der Waals surface area contributed by atoms with E-state index in [1.165, 1.54) is 42.5 Å². The number of benzene rings is 3. The highest BCUT2D eigenvalue weighted by atomic mass is 35.5. The van der Waals surface area contributed by atoms with Crippen molar-refractivity contribution < 1.29 is 26.9 Å². The maximum Gasteiger partial charge on any atom is 0.339 e. The van der Waals surface area contributed by atoms with Crippen LogP contribution in [0.2, 0.25) is 15.1 Å². The Bertz CT molecular complexity index is 1510. The van der Waals surface area contributed by atoms with Crippen LogP contribution in [0, 0.1) is 0 Å². The van der Waals surface area contributed by atoms with E-state index in [2.05, 4.69) is 0 Å². The predicted octanol–water partition coefficient (Wildman–Crippen LogP) is 7.05. The molecular weight excluding hydrogens is 581 g/mol. The number of hydrogen-bond donors (Lipinski definition) is 0. The zero-order valence-electron chi connectivity index (χ0n) is 19.1. The molecule has 2 amide bonds. The van der Waals surface area contributed by atoms with E-state index in [1.807, 2.05) is 0 Å². The molecule has 1 aliphatic rings. The summed E-state index contributed by atoms with van der Waals surface area (Å²) in [6.45, 7) is 1.97. The van der Waals surface area contributed by atoms with E-state index in [1.54, 1.807) is 31.2 Å². The first kappa shape index (κ1) is 27.3. The molecule has 0 bridgehead atoms. The predicted molar refractivity (Wildman–Crippen MR) is 145 cm³/mol. The Labute approximate surface area is 233 Å². The average molecular weight is 599 g/mol. The van der Waals surface area contributed by atoms with E-state index in [0.717, 1.165) is 16.7 Å². The molecule has 1 fully saturated rings. The fraction of sp³-hybridized carbons (Fsp3) is 0.120. The van der Waals surface area contributed by atoms with Crippen molar-refractivity contribution in [3.05, 3.63) is 91.8 Å². The van der Waals surface area contributed by atoms with Gasteiger partial charge < -0.3 is 8.92 Å². The van der Waals surface area contributed by atoms with Gasteiger partial charge in [-0.05, 0) is 84.4 Å². The molecule has 3 aromatic rings. The summed E-state index contributed by atoms with van der Waals surface area (Å²) in [4.78, 5) is 26.6. The molecule has 0 radical (unpaired) electrons. The molecule has 1 heterocycles. The number of hydrogen-bond acceptors (Lipinski definition) is 7. The van der Waals surface area contributed by atoms with Crippen molar-refractivity contribution in [3.63, 3.8) is 0 Å². The third-order valence-electron chi connectivity index (χ3n) is 5.03. The van der Waals surface area contributed by atoms with Crippen molar-refractivity contribution in [1.29, 1.82) is 0 Å². The quantitative estimate of drug-likeness (QED) is 0.203. The van der Waals surface area contributed by atoms with Crippen molar-refractivity contribution in [2.45, 2.75) is 18.4 Å². The molecule has 12 heteroatoms. The molecule has 0 unspecified atom stereocenters. The van der Waals surface area contributed by atoms with Crippen molar-refractivity contribution in [1.82, 2.24) is 4.90 Å². The molecule has 0 N–H and O–H groups in total. The van der Waals surface area contributed by atoms with E-state index in [4.69, 9.17) is 43.7 Å². The Hall–Kier alpha value is -2.69. The number of nitrogens with zero attached hydrogens (tertiary/aromatic N) is 1. The summed E-state index contributed by atoms with van der Waals surface area (Å²) in [7, 11) is -4.24. The Morgan fingerprint density at radius 1 is 0.973 bits per heavy atom. The smallest absolute Gasteiger partial charge is 0.339 e. The molecule has 1 saturated heterocycles. The Morgan fingerprint density at radius 2 is 1.70 bits per heavy atom. The van der Waals surface area contributed by atoms with Crippen molar-refractivity contribution in [2.75, 3.05) is 6.61 Å². The topological polar surface area (TPSA) is 90.0 Å². The van der Waals surface area contributed by atoms with Gasteiger partial charge in [0, 0.05) is 10.0 Å². The summed E-state index contributed by atoms with van der Waals surface area (Å²) in [5.74, 6) is -0.628. The summed E-state index contributed by atoms with van der Waals surface area (Å²) < 4.78 is 36.4. The lowest BCUT2D eigenvalue weighted by Crippen LogP contribution is -2.27. The molecule has 7 nitrogen and oxygen atoms in total. The number of amides is 2. The Morgan fingerprint density at radius 3 is 2.38 bits per heavy atom. The number of carbonyl (C=O) groups is 2. The highest BCUT2D eigenvalue weighted by Crippen LogP contribution is 2.40. The number of ether oxygens (including phenoxy) is 1. The maximum atomic E-state index is 12.9. The van der Waals surface area contributed by atoms with Gasteiger partial charge in [0.15, 0.2) is 5.75 Å². The lowest BCUT2D eigenvalue weighted by atomic mass is 10.1. The summed E-state index contributed by atoms with van der Waals surface area (Å²) in [6.07, 6.45) is 1.48. The van der Waals surface area contributed by atoms with Crippen LogP contribution in [0.25, 0.3) is 6.08 Å². The zero-order chi connectivity index (χ0) is 26.7. The van der Waals surface area contributed by atoms with Gasteiger partial charge in [-0.3, -0.25) is 14.5 Å².